The molecule has 48 valence electrons. The number of hydrogen-bond donors (Lipinski definition) is 1. The Bertz CT molecular complexity index is 48.4. The number of methoxy groups -OCH3 is 1. The Morgan fingerprint density at radius 3 is 1.88 bits per heavy atom. The van der Waals surface area contributed by atoms with Crippen molar-refractivity contribution in [1.29, 1.82) is 0 Å². The Labute approximate surface area is 65.1 Å². The topological polar surface area (TPSA) is 29.5 Å². The van der Waals surface area contributed by atoms with Crippen molar-refractivity contribution in [3.8, 4) is 0 Å². The van der Waals surface area contributed by atoms with Crippen LogP contribution in [0.3, 0.4) is 0 Å². The van der Waals surface area contributed by atoms with Crippen LogP contribution in [-0.4, -0.2) is 24.4 Å². The molecule has 0 atom stereocenters. The predicted octanol–water partition coefficient (Wildman–Crippen LogP) is 0.401. The molecule has 0 unspecified atom stereocenters. The van der Waals surface area contributed by atoms with Crippen LogP contribution in [0, 0.1) is 0 Å². The van der Waals surface area contributed by atoms with E-state index in [1.54, 1.807) is 7.11 Å². The van der Waals surface area contributed by atoms with E-state index in [2.05, 4.69) is 0 Å². The molecule has 0 aliphatic carbocycles. The number of hydrogen-bond acceptors (Lipinski definition) is 2. The van der Waals surface area contributed by atoms with Gasteiger partial charge in [-0.2, -0.15) is 0 Å². The fourth-order valence-corrected chi connectivity index (χ4v) is 0.0645. The minimum Gasteiger partial charge on any atom is -0.393 e. The normalized spacial score (nSPS) is 10.5. The zero-order chi connectivity index (χ0) is 5.91. The Balaban J connectivity index is 0. The van der Waals surface area contributed by atoms with Crippen LogP contribution in [0.2, 0.25) is 0 Å². The molecule has 2 nitrogen and oxygen atoms in total. The zero-order valence-corrected chi connectivity index (χ0v) is 7.12. The van der Waals surface area contributed by atoms with Crippen LogP contribution in [0.25, 0.3) is 0 Å². The number of aliphatic hydroxyl groups excluding tert-OH is 1. The molecule has 0 aromatic rings. The summed E-state index contributed by atoms with van der Waals surface area (Å²) < 4.78 is 4.84. The molecule has 0 saturated heterocycles. The van der Waals surface area contributed by atoms with Gasteiger partial charge < -0.3 is 9.84 Å². The van der Waals surface area contributed by atoms with Crippen molar-refractivity contribution in [2.45, 2.75) is 19.4 Å². The average molecular weight is 152 g/mol. The molecule has 0 aromatic heterocycles. The second-order valence-electron chi connectivity index (χ2n) is 2.12. The van der Waals surface area contributed by atoms with E-state index in [4.69, 9.17) is 9.84 Å². The summed E-state index contributed by atoms with van der Waals surface area (Å²) in [7, 11) is 1.58. The smallest absolute Gasteiger partial charge is 0.0852 e. The Morgan fingerprint density at radius 1 is 1.50 bits per heavy atom. The van der Waals surface area contributed by atoms with E-state index >= 15 is 0 Å². The minimum absolute atomic E-state index is 0. The summed E-state index contributed by atoms with van der Waals surface area (Å²) in [4.78, 5) is 0. The van der Waals surface area contributed by atoms with Crippen LogP contribution in [0.4, 0.5) is 0 Å². The fraction of sp³-hybridized carbons (Fsp3) is 1.00. The summed E-state index contributed by atoms with van der Waals surface area (Å²) in [5.41, 5.74) is -0.361. The summed E-state index contributed by atoms with van der Waals surface area (Å²) in [5, 5.41) is 8.47. The van der Waals surface area contributed by atoms with Crippen LogP contribution in [-0.2, 0) is 26.5 Å². The Morgan fingerprint density at radius 2 is 1.88 bits per heavy atom. The van der Waals surface area contributed by atoms with E-state index < -0.39 is 0 Å². The molecule has 0 heterocycles. The molecule has 0 aliphatic heterocycles. The third-order valence-corrected chi connectivity index (χ3v) is 0.933. The van der Waals surface area contributed by atoms with Crippen molar-refractivity contribution < 1.29 is 31.6 Å². The molecule has 0 aliphatic rings. The first-order valence-electron chi connectivity index (χ1n) is 2.28. The summed E-state index contributed by atoms with van der Waals surface area (Å²) in [6.45, 7) is 3.73. The molecule has 1 N–H and O–H groups in total. The third-order valence-electron chi connectivity index (χ3n) is 0.933. The minimum atomic E-state index is -0.361. The molecule has 0 saturated carbocycles. The van der Waals surface area contributed by atoms with Crippen molar-refractivity contribution >= 4 is 0 Å². The standard InChI is InChI=1S/C5H12O2.Ti/c1-5(2,4-6)7-3;/h6H,4H2,1-3H3;. The van der Waals surface area contributed by atoms with Gasteiger partial charge in [0.1, 0.15) is 0 Å². The van der Waals surface area contributed by atoms with Gasteiger partial charge in [-0.25, -0.2) is 0 Å². The SMILES string of the molecule is COC(C)(C)CO.[Ti]. The molecule has 0 radical (unpaired) electrons. The van der Waals surface area contributed by atoms with Crippen molar-refractivity contribution in [3.63, 3.8) is 0 Å². The summed E-state index contributed by atoms with van der Waals surface area (Å²) in [5.74, 6) is 0. The van der Waals surface area contributed by atoms with Crippen LogP contribution >= 0.6 is 0 Å². The van der Waals surface area contributed by atoms with Crippen LogP contribution in [0.1, 0.15) is 13.8 Å². The van der Waals surface area contributed by atoms with E-state index in [9.17, 15) is 0 Å². The van der Waals surface area contributed by atoms with Crippen molar-refractivity contribution in [1.82, 2.24) is 0 Å². The van der Waals surface area contributed by atoms with Crippen molar-refractivity contribution in [3.05, 3.63) is 0 Å². The van der Waals surface area contributed by atoms with Gasteiger partial charge in [-0.15, -0.1) is 0 Å². The summed E-state index contributed by atoms with van der Waals surface area (Å²) in [6, 6.07) is 0. The second kappa shape index (κ2) is 4.51. The number of aliphatic hydroxyl groups is 1. The van der Waals surface area contributed by atoms with E-state index in [-0.39, 0.29) is 33.9 Å². The summed E-state index contributed by atoms with van der Waals surface area (Å²) in [6.07, 6.45) is 0. The molecule has 0 bridgehead atoms. The van der Waals surface area contributed by atoms with E-state index in [1.807, 2.05) is 13.8 Å². The first-order valence-corrected chi connectivity index (χ1v) is 2.28. The van der Waals surface area contributed by atoms with Gasteiger partial charge in [-0.1, -0.05) is 0 Å². The molecule has 0 spiro atoms. The molecule has 0 amide bonds. The maximum absolute atomic E-state index is 8.47. The van der Waals surface area contributed by atoms with Crippen molar-refractivity contribution in [2.75, 3.05) is 13.7 Å². The molecule has 0 fully saturated rings. The average Bonchev–Trinajstić information content (AvgIpc) is 1.68. The molecular weight excluding hydrogens is 140 g/mol. The van der Waals surface area contributed by atoms with Crippen LogP contribution in [0.15, 0.2) is 0 Å². The van der Waals surface area contributed by atoms with Gasteiger partial charge in [-0.3, -0.25) is 0 Å². The second-order valence-corrected chi connectivity index (χ2v) is 2.12. The van der Waals surface area contributed by atoms with Crippen LogP contribution < -0.4 is 0 Å². The predicted molar refractivity (Wildman–Crippen MR) is 28.2 cm³/mol. The molecular formula is C5H12O2Ti. The van der Waals surface area contributed by atoms with E-state index in [0.29, 0.717) is 0 Å². The van der Waals surface area contributed by atoms with Gasteiger partial charge in [-0.05, 0) is 13.8 Å². The molecule has 3 heteroatoms. The summed E-state index contributed by atoms with van der Waals surface area (Å²) >= 11 is 0. The Kier molecular flexibility index (Phi) is 6.44. The third kappa shape index (κ3) is 4.79. The maximum atomic E-state index is 8.47. The monoisotopic (exact) mass is 152 g/mol. The van der Waals surface area contributed by atoms with E-state index in [0.717, 1.165) is 0 Å². The maximum Gasteiger partial charge on any atom is 0.0852 e. The quantitative estimate of drug-likeness (QED) is 0.580. The van der Waals surface area contributed by atoms with Gasteiger partial charge >= 0.3 is 0 Å². The number of rotatable bonds is 2. The number of ether oxygens (including phenoxy) is 1. The first-order chi connectivity index (χ1) is 3.12. The van der Waals surface area contributed by atoms with Crippen molar-refractivity contribution in [2.24, 2.45) is 0 Å². The largest absolute Gasteiger partial charge is 0.393 e. The molecule has 0 aromatic carbocycles. The molecule has 8 heavy (non-hydrogen) atoms. The van der Waals surface area contributed by atoms with Gasteiger partial charge in [0.2, 0.25) is 0 Å². The van der Waals surface area contributed by atoms with E-state index in [1.165, 1.54) is 0 Å². The fourth-order valence-electron chi connectivity index (χ4n) is 0.0645. The Hall–Kier alpha value is 0.634. The first kappa shape index (κ1) is 11.4. The zero-order valence-electron chi connectivity index (χ0n) is 5.56. The van der Waals surface area contributed by atoms with Gasteiger partial charge in [0.15, 0.2) is 0 Å². The van der Waals surface area contributed by atoms with Crippen LogP contribution in [0.5, 0.6) is 0 Å². The molecule has 0 rings (SSSR count). The van der Waals surface area contributed by atoms with Gasteiger partial charge in [0.05, 0.1) is 12.2 Å². The van der Waals surface area contributed by atoms with Gasteiger partial charge in [0.25, 0.3) is 0 Å². The van der Waals surface area contributed by atoms with Gasteiger partial charge in [0, 0.05) is 28.8 Å².